The van der Waals surface area contributed by atoms with Crippen LogP contribution in [0.25, 0.3) is 5.70 Å². The van der Waals surface area contributed by atoms with E-state index in [4.69, 9.17) is 10.5 Å². The number of amidine groups is 1. The highest BCUT2D eigenvalue weighted by atomic mass is 32.2. The molecule has 0 fully saturated rings. The standard InChI is InChI=1S/C15H19N3OS/c1-2-19-12-6-4-11(5-7-12)14-13(10-16)20-15-17-8-3-9-18(14)15/h4-7H,2-3,8-10,16H2,1H3. The minimum Gasteiger partial charge on any atom is -0.494 e. The van der Waals surface area contributed by atoms with E-state index in [2.05, 4.69) is 22.0 Å². The Labute approximate surface area is 123 Å². The number of thioether (sulfide) groups is 1. The van der Waals surface area contributed by atoms with Crippen LogP contribution in [0.1, 0.15) is 18.9 Å². The van der Waals surface area contributed by atoms with Gasteiger partial charge in [0.15, 0.2) is 5.17 Å². The molecular weight excluding hydrogens is 270 g/mol. The monoisotopic (exact) mass is 289 g/mol. The highest BCUT2D eigenvalue weighted by Crippen LogP contribution is 2.40. The predicted molar refractivity (Wildman–Crippen MR) is 84.8 cm³/mol. The molecule has 0 bridgehead atoms. The molecule has 0 spiro atoms. The van der Waals surface area contributed by atoms with E-state index >= 15 is 0 Å². The molecule has 106 valence electrons. The van der Waals surface area contributed by atoms with Gasteiger partial charge in [-0.3, -0.25) is 4.99 Å². The zero-order valence-electron chi connectivity index (χ0n) is 11.6. The van der Waals surface area contributed by atoms with Gasteiger partial charge in [0.05, 0.1) is 12.3 Å². The van der Waals surface area contributed by atoms with Crippen LogP contribution in [0.2, 0.25) is 0 Å². The van der Waals surface area contributed by atoms with Crippen molar-refractivity contribution in [2.24, 2.45) is 10.7 Å². The highest BCUT2D eigenvalue weighted by molar-refractivity contribution is 8.17. The van der Waals surface area contributed by atoms with Gasteiger partial charge in [-0.15, -0.1) is 0 Å². The van der Waals surface area contributed by atoms with E-state index in [-0.39, 0.29) is 0 Å². The molecule has 2 N–H and O–H groups in total. The largest absolute Gasteiger partial charge is 0.494 e. The summed E-state index contributed by atoms with van der Waals surface area (Å²) in [6.45, 7) is 5.19. The summed E-state index contributed by atoms with van der Waals surface area (Å²) in [7, 11) is 0. The number of aliphatic imine (C=N–C) groups is 1. The smallest absolute Gasteiger partial charge is 0.168 e. The topological polar surface area (TPSA) is 50.9 Å². The number of hydrogen-bond acceptors (Lipinski definition) is 5. The van der Waals surface area contributed by atoms with Crippen molar-refractivity contribution in [1.29, 1.82) is 0 Å². The van der Waals surface area contributed by atoms with E-state index in [0.29, 0.717) is 13.2 Å². The molecule has 1 aromatic carbocycles. The van der Waals surface area contributed by atoms with E-state index in [9.17, 15) is 0 Å². The van der Waals surface area contributed by atoms with Crippen molar-refractivity contribution in [2.75, 3.05) is 26.2 Å². The molecule has 0 atom stereocenters. The lowest BCUT2D eigenvalue weighted by Gasteiger charge is -2.25. The number of benzene rings is 1. The van der Waals surface area contributed by atoms with Crippen molar-refractivity contribution in [3.63, 3.8) is 0 Å². The molecule has 0 amide bonds. The first-order chi connectivity index (χ1) is 9.83. The number of nitrogens with zero attached hydrogens (tertiary/aromatic N) is 2. The lowest BCUT2D eigenvalue weighted by atomic mass is 10.1. The summed E-state index contributed by atoms with van der Waals surface area (Å²) in [6.07, 6.45) is 1.10. The quantitative estimate of drug-likeness (QED) is 0.925. The number of ether oxygens (including phenoxy) is 1. The van der Waals surface area contributed by atoms with Gasteiger partial charge in [0.1, 0.15) is 5.75 Å². The van der Waals surface area contributed by atoms with Crippen LogP contribution in [0.3, 0.4) is 0 Å². The summed E-state index contributed by atoms with van der Waals surface area (Å²) in [5.74, 6) is 0.907. The van der Waals surface area contributed by atoms with Crippen LogP contribution < -0.4 is 10.5 Å². The van der Waals surface area contributed by atoms with Crippen molar-refractivity contribution in [2.45, 2.75) is 13.3 Å². The molecule has 0 saturated carbocycles. The molecule has 2 heterocycles. The Morgan fingerprint density at radius 1 is 1.35 bits per heavy atom. The van der Waals surface area contributed by atoms with Crippen molar-refractivity contribution in [1.82, 2.24) is 4.90 Å². The van der Waals surface area contributed by atoms with Gasteiger partial charge in [-0.1, -0.05) is 11.8 Å². The SMILES string of the molecule is CCOc1ccc(C2=C(CN)SC3=NCCCN32)cc1. The van der Waals surface area contributed by atoms with E-state index < -0.39 is 0 Å². The van der Waals surface area contributed by atoms with E-state index in [1.165, 1.54) is 16.2 Å². The van der Waals surface area contributed by atoms with Gasteiger partial charge >= 0.3 is 0 Å². The van der Waals surface area contributed by atoms with Crippen molar-refractivity contribution in [3.05, 3.63) is 34.7 Å². The Balaban J connectivity index is 1.93. The van der Waals surface area contributed by atoms with Crippen LogP contribution in [0, 0.1) is 0 Å². The van der Waals surface area contributed by atoms with Gasteiger partial charge in [0.2, 0.25) is 0 Å². The summed E-state index contributed by atoms with van der Waals surface area (Å²) < 4.78 is 5.50. The Bertz CT molecular complexity index is 551. The lowest BCUT2D eigenvalue weighted by molar-refractivity contribution is 0.340. The average molecular weight is 289 g/mol. The van der Waals surface area contributed by atoms with E-state index in [1.807, 2.05) is 19.1 Å². The fraction of sp³-hybridized carbons (Fsp3) is 0.400. The zero-order valence-corrected chi connectivity index (χ0v) is 12.4. The van der Waals surface area contributed by atoms with Crippen molar-refractivity contribution in [3.8, 4) is 5.75 Å². The van der Waals surface area contributed by atoms with Crippen LogP contribution in [-0.4, -0.2) is 36.3 Å². The molecule has 3 rings (SSSR count). The Hall–Kier alpha value is -1.46. The molecule has 2 aliphatic rings. The van der Waals surface area contributed by atoms with Gasteiger partial charge < -0.3 is 15.4 Å². The first-order valence-corrected chi connectivity index (χ1v) is 7.81. The lowest BCUT2D eigenvalue weighted by Crippen LogP contribution is -2.29. The molecular formula is C15H19N3OS. The fourth-order valence-electron chi connectivity index (χ4n) is 2.52. The summed E-state index contributed by atoms with van der Waals surface area (Å²) >= 11 is 1.71. The molecule has 2 aliphatic heterocycles. The molecule has 0 aliphatic carbocycles. The van der Waals surface area contributed by atoms with E-state index in [1.54, 1.807) is 11.8 Å². The maximum Gasteiger partial charge on any atom is 0.168 e. The predicted octanol–water partition coefficient (Wildman–Crippen LogP) is 2.52. The molecule has 5 heteroatoms. The molecule has 0 aromatic heterocycles. The third kappa shape index (κ3) is 2.43. The summed E-state index contributed by atoms with van der Waals surface area (Å²) in [4.78, 5) is 8.10. The van der Waals surface area contributed by atoms with Gasteiger partial charge in [0.25, 0.3) is 0 Å². The Morgan fingerprint density at radius 2 is 2.15 bits per heavy atom. The second-order valence-corrected chi connectivity index (χ2v) is 5.77. The second-order valence-electron chi connectivity index (χ2n) is 4.70. The van der Waals surface area contributed by atoms with Crippen LogP contribution in [0.5, 0.6) is 5.75 Å². The van der Waals surface area contributed by atoms with Gasteiger partial charge in [-0.2, -0.15) is 0 Å². The number of nitrogens with two attached hydrogens (primary N) is 1. The van der Waals surface area contributed by atoms with Gasteiger partial charge in [0, 0.05) is 24.5 Å². The molecule has 0 saturated heterocycles. The number of hydrogen-bond donors (Lipinski definition) is 1. The first kappa shape index (κ1) is 13.5. The van der Waals surface area contributed by atoms with Crippen molar-refractivity contribution < 1.29 is 4.74 Å². The molecule has 1 aromatic rings. The number of fused-ring (bicyclic) bond motifs is 1. The minimum absolute atomic E-state index is 0.558. The summed E-state index contributed by atoms with van der Waals surface area (Å²) in [5, 5.41) is 1.10. The molecule has 0 radical (unpaired) electrons. The Morgan fingerprint density at radius 3 is 2.85 bits per heavy atom. The van der Waals surface area contributed by atoms with Crippen molar-refractivity contribution >= 4 is 22.6 Å². The van der Waals surface area contributed by atoms with Gasteiger partial charge in [-0.25, -0.2) is 0 Å². The van der Waals surface area contributed by atoms with E-state index in [0.717, 1.165) is 30.4 Å². The zero-order chi connectivity index (χ0) is 13.9. The Kier molecular flexibility index (Phi) is 3.98. The normalized spacial score (nSPS) is 18.1. The third-order valence-corrected chi connectivity index (χ3v) is 4.53. The van der Waals surface area contributed by atoms with Gasteiger partial charge in [-0.05, 0) is 43.2 Å². The molecule has 0 unspecified atom stereocenters. The highest BCUT2D eigenvalue weighted by Gasteiger charge is 2.30. The minimum atomic E-state index is 0.558. The van der Waals surface area contributed by atoms with Crippen LogP contribution in [-0.2, 0) is 0 Å². The third-order valence-electron chi connectivity index (χ3n) is 3.39. The fourth-order valence-corrected chi connectivity index (χ4v) is 3.60. The summed E-state index contributed by atoms with van der Waals surface area (Å²) in [5.41, 5.74) is 8.32. The average Bonchev–Trinajstić information content (AvgIpc) is 2.87. The molecule has 4 nitrogen and oxygen atoms in total. The second kappa shape index (κ2) is 5.89. The van der Waals surface area contributed by atoms with Crippen LogP contribution >= 0.6 is 11.8 Å². The maximum absolute atomic E-state index is 5.91. The van der Waals surface area contributed by atoms with Crippen LogP contribution in [0.15, 0.2) is 34.2 Å². The maximum atomic E-state index is 5.91. The first-order valence-electron chi connectivity index (χ1n) is 6.99. The summed E-state index contributed by atoms with van der Waals surface area (Å²) in [6, 6.07) is 8.25. The van der Waals surface area contributed by atoms with Crippen LogP contribution in [0.4, 0.5) is 0 Å². The number of rotatable bonds is 4. The molecule has 20 heavy (non-hydrogen) atoms.